The van der Waals surface area contributed by atoms with E-state index in [9.17, 15) is 13.2 Å². The van der Waals surface area contributed by atoms with Gasteiger partial charge in [0.15, 0.2) is 0 Å². The number of nitrogens with one attached hydrogen (secondary N) is 1. The molecule has 0 bridgehead atoms. The second-order valence-corrected chi connectivity index (χ2v) is 4.54. The number of rotatable bonds is 8. The van der Waals surface area contributed by atoms with Crippen LogP contribution in [-0.4, -0.2) is 30.7 Å². The predicted molar refractivity (Wildman–Crippen MR) is 70.6 cm³/mol. The maximum atomic E-state index is 12.0. The molecule has 1 rings (SSSR count). The summed E-state index contributed by atoms with van der Waals surface area (Å²) >= 11 is 0. The third-order valence-electron chi connectivity index (χ3n) is 2.95. The van der Waals surface area contributed by atoms with Crippen molar-refractivity contribution in [1.29, 1.82) is 0 Å². The van der Waals surface area contributed by atoms with Crippen molar-refractivity contribution in [2.24, 2.45) is 0 Å². The van der Waals surface area contributed by atoms with E-state index in [1.807, 2.05) is 6.92 Å². The Hall–Kier alpha value is -1.27. The van der Waals surface area contributed by atoms with E-state index in [-0.39, 0.29) is 18.4 Å². The van der Waals surface area contributed by atoms with E-state index in [2.05, 4.69) is 10.1 Å². The fourth-order valence-electron chi connectivity index (χ4n) is 1.79. The number of aryl methyl sites for hydroxylation is 1. The minimum atomic E-state index is -4.65. The zero-order chi connectivity index (χ0) is 15.0. The SMILES string of the molecule is CC[C@@H](CO)NCCCc1ccc(OC(F)(F)F)cc1. The number of aliphatic hydroxyl groups is 1. The Balaban J connectivity index is 2.31. The highest BCUT2D eigenvalue weighted by atomic mass is 19.4. The lowest BCUT2D eigenvalue weighted by atomic mass is 10.1. The van der Waals surface area contributed by atoms with E-state index in [0.717, 1.165) is 31.4 Å². The normalized spacial score (nSPS) is 13.2. The van der Waals surface area contributed by atoms with Gasteiger partial charge in [-0.2, -0.15) is 0 Å². The monoisotopic (exact) mass is 291 g/mol. The summed E-state index contributed by atoms with van der Waals surface area (Å²) in [5.41, 5.74) is 0.957. The zero-order valence-corrected chi connectivity index (χ0v) is 11.4. The molecular weight excluding hydrogens is 271 g/mol. The molecule has 0 amide bonds. The van der Waals surface area contributed by atoms with Gasteiger partial charge in [0.05, 0.1) is 6.61 Å². The molecule has 0 aliphatic carbocycles. The molecule has 20 heavy (non-hydrogen) atoms. The molecule has 0 fully saturated rings. The average Bonchev–Trinajstić information content (AvgIpc) is 2.39. The van der Waals surface area contributed by atoms with Crippen LogP contribution in [0.3, 0.4) is 0 Å². The molecule has 0 saturated heterocycles. The lowest BCUT2D eigenvalue weighted by Crippen LogP contribution is -2.32. The molecule has 114 valence electrons. The number of halogens is 3. The van der Waals surface area contributed by atoms with E-state index < -0.39 is 6.36 Å². The maximum absolute atomic E-state index is 12.0. The first-order chi connectivity index (χ1) is 9.44. The van der Waals surface area contributed by atoms with Crippen LogP contribution < -0.4 is 10.1 Å². The van der Waals surface area contributed by atoms with Crippen molar-refractivity contribution in [3.8, 4) is 5.75 Å². The van der Waals surface area contributed by atoms with E-state index in [4.69, 9.17) is 5.11 Å². The highest BCUT2D eigenvalue weighted by Gasteiger charge is 2.30. The lowest BCUT2D eigenvalue weighted by Gasteiger charge is -2.13. The van der Waals surface area contributed by atoms with E-state index in [1.54, 1.807) is 12.1 Å². The topological polar surface area (TPSA) is 41.5 Å². The molecule has 1 atom stereocenters. The van der Waals surface area contributed by atoms with Crippen molar-refractivity contribution in [1.82, 2.24) is 5.32 Å². The zero-order valence-electron chi connectivity index (χ0n) is 11.4. The number of ether oxygens (including phenoxy) is 1. The molecule has 2 N–H and O–H groups in total. The highest BCUT2D eigenvalue weighted by molar-refractivity contribution is 5.27. The Morgan fingerprint density at radius 3 is 2.40 bits per heavy atom. The third kappa shape index (κ3) is 6.77. The minimum Gasteiger partial charge on any atom is -0.406 e. The van der Waals surface area contributed by atoms with Crippen LogP contribution in [-0.2, 0) is 6.42 Å². The third-order valence-corrected chi connectivity index (χ3v) is 2.95. The van der Waals surface area contributed by atoms with Gasteiger partial charge in [-0.1, -0.05) is 19.1 Å². The fourth-order valence-corrected chi connectivity index (χ4v) is 1.79. The summed E-state index contributed by atoms with van der Waals surface area (Å²) in [5, 5.41) is 12.2. The molecule has 3 nitrogen and oxygen atoms in total. The first kappa shape index (κ1) is 16.8. The Morgan fingerprint density at radius 2 is 1.90 bits per heavy atom. The molecule has 0 unspecified atom stereocenters. The summed E-state index contributed by atoms with van der Waals surface area (Å²) in [6, 6.07) is 6.00. The Bertz CT molecular complexity index is 375. The number of aliphatic hydroxyl groups excluding tert-OH is 1. The van der Waals surface area contributed by atoms with Crippen molar-refractivity contribution < 1.29 is 23.0 Å². The second kappa shape index (κ2) is 8.11. The number of hydrogen-bond acceptors (Lipinski definition) is 3. The predicted octanol–water partition coefficient (Wildman–Crippen LogP) is 2.88. The Morgan fingerprint density at radius 1 is 1.25 bits per heavy atom. The van der Waals surface area contributed by atoms with E-state index in [1.165, 1.54) is 12.1 Å². The van der Waals surface area contributed by atoms with Crippen LogP contribution in [0.2, 0.25) is 0 Å². The number of hydrogen-bond donors (Lipinski definition) is 2. The van der Waals surface area contributed by atoms with Gasteiger partial charge in [0.25, 0.3) is 0 Å². The second-order valence-electron chi connectivity index (χ2n) is 4.54. The van der Waals surface area contributed by atoms with Crippen LogP contribution in [0, 0.1) is 0 Å². The first-order valence-electron chi connectivity index (χ1n) is 6.63. The highest BCUT2D eigenvalue weighted by Crippen LogP contribution is 2.22. The van der Waals surface area contributed by atoms with Gasteiger partial charge in [-0.15, -0.1) is 13.2 Å². The molecule has 1 aromatic rings. The van der Waals surface area contributed by atoms with Crippen molar-refractivity contribution in [2.45, 2.75) is 38.6 Å². The molecule has 0 aliphatic rings. The van der Waals surface area contributed by atoms with Crippen molar-refractivity contribution in [3.63, 3.8) is 0 Å². The van der Waals surface area contributed by atoms with Crippen LogP contribution >= 0.6 is 0 Å². The van der Waals surface area contributed by atoms with Gasteiger partial charge < -0.3 is 15.2 Å². The maximum Gasteiger partial charge on any atom is 0.573 e. The average molecular weight is 291 g/mol. The van der Waals surface area contributed by atoms with Crippen LogP contribution in [0.1, 0.15) is 25.3 Å². The van der Waals surface area contributed by atoms with Gasteiger partial charge in [-0.3, -0.25) is 0 Å². The summed E-state index contributed by atoms with van der Waals surface area (Å²) in [4.78, 5) is 0. The summed E-state index contributed by atoms with van der Waals surface area (Å²) in [6.07, 6.45) is -2.16. The minimum absolute atomic E-state index is 0.109. The standard InChI is InChI=1S/C14H20F3NO2/c1-2-12(10-19)18-9-3-4-11-5-7-13(8-6-11)20-14(15,16)17/h5-8,12,18-19H,2-4,9-10H2,1H3/t12-/m0/s1. The summed E-state index contributed by atoms with van der Waals surface area (Å²) in [6.45, 7) is 2.87. The van der Waals surface area contributed by atoms with Gasteiger partial charge in [0.2, 0.25) is 0 Å². The largest absolute Gasteiger partial charge is 0.573 e. The fraction of sp³-hybridized carbons (Fsp3) is 0.571. The summed E-state index contributed by atoms with van der Waals surface area (Å²) in [7, 11) is 0. The molecule has 6 heteroatoms. The van der Waals surface area contributed by atoms with Gasteiger partial charge in [-0.25, -0.2) is 0 Å². The van der Waals surface area contributed by atoms with Gasteiger partial charge in [0, 0.05) is 6.04 Å². The Kier molecular flexibility index (Phi) is 6.81. The van der Waals surface area contributed by atoms with Crippen LogP contribution in [0.25, 0.3) is 0 Å². The first-order valence-corrected chi connectivity index (χ1v) is 6.63. The summed E-state index contributed by atoms with van der Waals surface area (Å²) < 4.78 is 39.7. The molecule has 0 aliphatic heterocycles. The molecular formula is C14H20F3NO2. The number of benzene rings is 1. The molecule has 0 heterocycles. The molecule has 0 spiro atoms. The molecule has 0 aromatic heterocycles. The smallest absolute Gasteiger partial charge is 0.406 e. The lowest BCUT2D eigenvalue weighted by molar-refractivity contribution is -0.274. The van der Waals surface area contributed by atoms with Gasteiger partial charge in [-0.05, 0) is 43.5 Å². The molecule has 0 radical (unpaired) electrons. The van der Waals surface area contributed by atoms with Crippen LogP contribution in [0.15, 0.2) is 24.3 Å². The van der Waals surface area contributed by atoms with Gasteiger partial charge in [0.1, 0.15) is 5.75 Å². The van der Waals surface area contributed by atoms with E-state index >= 15 is 0 Å². The quantitative estimate of drug-likeness (QED) is 0.724. The van der Waals surface area contributed by atoms with Crippen LogP contribution in [0.5, 0.6) is 5.75 Å². The summed E-state index contributed by atoms with van der Waals surface area (Å²) in [5.74, 6) is -0.203. The van der Waals surface area contributed by atoms with E-state index in [0.29, 0.717) is 0 Å². The van der Waals surface area contributed by atoms with Crippen molar-refractivity contribution in [3.05, 3.63) is 29.8 Å². The van der Waals surface area contributed by atoms with Gasteiger partial charge >= 0.3 is 6.36 Å². The van der Waals surface area contributed by atoms with Crippen LogP contribution in [0.4, 0.5) is 13.2 Å². The number of alkyl halides is 3. The van der Waals surface area contributed by atoms with Crippen molar-refractivity contribution >= 4 is 0 Å². The molecule has 0 saturated carbocycles. The molecule has 1 aromatic carbocycles. The van der Waals surface area contributed by atoms with Crippen molar-refractivity contribution in [2.75, 3.05) is 13.2 Å². The Labute approximate surface area is 116 Å².